The molecule has 0 unspecified atom stereocenters. The van der Waals surface area contributed by atoms with Crippen molar-refractivity contribution in [3.05, 3.63) is 20.7 Å². The molecule has 5 nitrogen and oxygen atoms in total. The number of carbonyl (C=O) groups is 1. The highest BCUT2D eigenvalue weighted by atomic mass is 32.1. The Balaban J connectivity index is 1.93. The van der Waals surface area contributed by atoms with Crippen molar-refractivity contribution < 1.29 is 9.53 Å². The molecule has 2 atom stereocenters. The molecule has 0 saturated carbocycles. The molecule has 1 saturated heterocycles. The van der Waals surface area contributed by atoms with Gasteiger partial charge >= 0.3 is 4.87 Å². The summed E-state index contributed by atoms with van der Waals surface area (Å²) in [4.78, 5) is 25.6. The van der Waals surface area contributed by atoms with Gasteiger partial charge in [0.15, 0.2) is 0 Å². The van der Waals surface area contributed by atoms with Gasteiger partial charge in [-0.15, -0.1) is 0 Å². The Kier molecular flexibility index (Phi) is 4.42. The average molecular weight is 284 g/mol. The molecule has 2 rings (SSSR count). The highest BCUT2D eigenvalue weighted by molar-refractivity contribution is 7.07. The summed E-state index contributed by atoms with van der Waals surface area (Å²) < 4.78 is 7.27. The number of ether oxygens (including phenoxy) is 1. The molecular formula is C13H20N2O3S. The summed E-state index contributed by atoms with van der Waals surface area (Å²) in [7, 11) is 0. The van der Waals surface area contributed by atoms with Crippen LogP contribution in [-0.4, -0.2) is 40.7 Å². The van der Waals surface area contributed by atoms with Crippen molar-refractivity contribution in [1.82, 2.24) is 9.47 Å². The molecule has 6 heteroatoms. The van der Waals surface area contributed by atoms with E-state index in [1.165, 1.54) is 11.3 Å². The minimum Gasteiger partial charge on any atom is -0.372 e. The Morgan fingerprint density at radius 1 is 1.42 bits per heavy atom. The van der Waals surface area contributed by atoms with E-state index < -0.39 is 0 Å². The van der Waals surface area contributed by atoms with Crippen LogP contribution in [0.5, 0.6) is 0 Å². The first-order valence-corrected chi connectivity index (χ1v) is 7.43. The van der Waals surface area contributed by atoms with Crippen molar-refractivity contribution in [2.45, 2.75) is 45.9 Å². The van der Waals surface area contributed by atoms with Crippen LogP contribution in [-0.2, 0) is 16.1 Å². The van der Waals surface area contributed by atoms with Gasteiger partial charge in [-0.25, -0.2) is 0 Å². The van der Waals surface area contributed by atoms with Gasteiger partial charge in [-0.05, 0) is 20.8 Å². The van der Waals surface area contributed by atoms with Crippen LogP contribution in [0.2, 0.25) is 0 Å². The third-order valence-corrected chi connectivity index (χ3v) is 4.18. The van der Waals surface area contributed by atoms with E-state index >= 15 is 0 Å². The van der Waals surface area contributed by atoms with Crippen molar-refractivity contribution in [1.29, 1.82) is 0 Å². The second-order valence-corrected chi connectivity index (χ2v) is 5.92. The fourth-order valence-corrected chi connectivity index (χ4v) is 3.18. The van der Waals surface area contributed by atoms with Gasteiger partial charge in [-0.3, -0.25) is 9.59 Å². The fourth-order valence-electron chi connectivity index (χ4n) is 2.42. The van der Waals surface area contributed by atoms with Gasteiger partial charge in [0.1, 0.15) is 0 Å². The maximum atomic E-state index is 12.2. The van der Waals surface area contributed by atoms with Gasteiger partial charge in [-0.2, -0.15) is 0 Å². The van der Waals surface area contributed by atoms with E-state index in [2.05, 4.69) is 0 Å². The molecule has 0 bridgehead atoms. The monoisotopic (exact) mass is 284 g/mol. The third kappa shape index (κ3) is 3.45. The van der Waals surface area contributed by atoms with E-state index in [9.17, 15) is 9.59 Å². The zero-order valence-electron chi connectivity index (χ0n) is 11.6. The summed E-state index contributed by atoms with van der Waals surface area (Å²) in [5.41, 5.74) is 0.923. The molecular weight excluding hydrogens is 264 g/mol. The standard InChI is InChI=1S/C13H20N2O3S/c1-9-8-19-13(17)15(9)5-4-12(16)14-6-10(2)18-11(3)7-14/h8,10-11H,4-7H2,1-3H3/t10-,11-/m0/s1. The SMILES string of the molecule is Cc1csc(=O)n1CCC(=O)N1C[C@H](C)O[C@@H](C)C1. The molecule has 1 fully saturated rings. The van der Waals surface area contributed by atoms with Crippen LogP contribution in [0.15, 0.2) is 10.2 Å². The summed E-state index contributed by atoms with van der Waals surface area (Å²) in [5.74, 6) is 0.0968. The lowest BCUT2D eigenvalue weighted by Crippen LogP contribution is -2.48. The van der Waals surface area contributed by atoms with Gasteiger partial charge in [0.2, 0.25) is 5.91 Å². The first-order chi connectivity index (χ1) is 8.97. The topological polar surface area (TPSA) is 51.5 Å². The number of carbonyl (C=O) groups excluding carboxylic acids is 1. The lowest BCUT2D eigenvalue weighted by molar-refractivity contribution is -0.143. The smallest absolute Gasteiger partial charge is 0.307 e. The molecule has 0 radical (unpaired) electrons. The maximum absolute atomic E-state index is 12.2. The van der Waals surface area contributed by atoms with Gasteiger partial charge < -0.3 is 14.2 Å². The van der Waals surface area contributed by atoms with E-state index in [4.69, 9.17) is 4.74 Å². The van der Waals surface area contributed by atoms with Crippen LogP contribution >= 0.6 is 11.3 Å². The summed E-state index contributed by atoms with van der Waals surface area (Å²) in [6, 6.07) is 0. The van der Waals surface area contributed by atoms with Crippen LogP contribution < -0.4 is 4.87 Å². The first kappa shape index (κ1) is 14.3. The second-order valence-electron chi connectivity index (χ2n) is 5.10. The van der Waals surface area contributed by atoms with Crippen LogP contribution in [0.1, 0.15) is 26.0 Å². The molecule has 2 heterocycles. The number of aryl methyl sites for hydroxylation is 1. The molecule has 0 spiro atoms. The van der Waals surface area contributed by atoms with Crippen molar-refractivity contribution in [2.24, 2.45) is 0 Å². The molecule has 1 aliphatic rings. The minimum absolute atomic E-state index is 0.00835. The lowest BCUT2D eigenvalue weighted by atomic mass is 10.2. The van der Waals surface area contributed by atoms with Crippen molar-refractivity contribution in [2.75, 3.05) is 13.1 Å². The van der Waals surface area contributed by atoms with E-state index in [1.807, 2.05) is 31.1 Å². The lowest BCUT2D eigenvalue weighted by Gasteiger charge is -2.35. The zero-order chi connectivity index (χ0) is 14.0. The Labute approximate surface area is 116 Å². The number of hydrogen-bond acceptors (Lipinski definition) is 4. The summed E-state index contributed by atoms with van der Waals surface area (Å²) in [5, 5.41) is 1.83. The Morgan fingerprint density at radius 3 is 2.58 bits per heavy atom. The van der Waals surface area contributed by atoms with Crippen molar-refractivity contribution in [3.63, 3.8) is 0 Å². The van der Waals surface area contributed by atoms with Gasteiger partial charge in [0.05, 0.1) is 12.2 Å². The first-order valence-electron chi connectivity index (χ1n) is 6.55. The largest absolute Gasteiger partial charge is 0.372 e. The third-order valence-electron chi connectivity index (χ3n) is 3.30. The average Bonchev–Trinajstić information content (AvgIpc) is 2.65. The molecule has 1 aromatic rings. The molecule has 1 aromatic heterocycles. The number of morpholine rings is 1. The molecule has 0 aromatic carbocycles. The number of nitrogens with zero attached hydrogens (tertiary/aromatic N) is 2. The molecule has 1 aliphatic heterocycles. The molecule has 106 valence electrons. The summed E-state index contributed by atoms with van der Waals surface area (Å²) in [6.45, 7) is 7.59. The van der Waals surface area contributed by atoms with E-state index in [-0.39, 0.29) is 23.0 Å². The zero-order valence-corrected chi connectivity index (χ0v) is 12.4. The molecule has 0 aliphatic carbocycles. The van der Waals surface area contributed by atoms with Gasteiger partial charge in [0, 0.05) is 37.1 Å². The Hall–Kier alpha value is -1.14. The molecule has 1 amide bonds. The normalized spacial score (nSPS) is 23.6. The quantitative estimate of drug-likeness (QED) is 0.839. The van der Waals surface area contributed by atoms with E-state index in [0.29, 0.717) is 26.1 Å². The van der Waals surface area contributed by atoms with E-state index in [0.717, 1.165) is 5.69 Å². The number of hydrogen-bond donors (Lipinski definition) is 0. The van der Waals surface area contributed by atoms with Gasteiger partial charge in [-0.1, -0.05) is 11.3 Å². The minimum atomic E-state index is 0.00835. The summed E-state index contributed by atoms with van der Waals surface area (Å²) in [6.07, 6.45) is 0.535. The maximum Gasteiger partial charge on any atom is 0.307 e. The number of aromatic nitrogens is 1. The predicted molar refractivity (Wildman–Crippen MR) is 74.5 cm³/mol. The highest BCUT2D eigenvalue weighted by Gasteiger charge is 2.25. The Morgan fingerprint density at radius 2 is 2.05 bits per heavy atom. The highest BCUT2D eigenvalue weighted by Crippen LogP contribution is 2.12. The van der Waals surface area contributed by atoms with Crippen molar-refractivity contribution in [3.8, 4) is 0 Å². The van der Waals surface area contributed by atoms with Crippen molar-refractivity contribution >= 4 is 17.2 Å². The Bertz CT molecular complexity index is 498. The molecule has 19 heavy (non-hydrogen) atoms. The van der Waals surface area contributed by atoms with Crippen LogP contribution in [0.4, 0.5) is 0 Å². The van der Waals surface area contributed by atoms with Gasteiger partial charge in [0.25, 0.3) is 0 Å². The second kappa shape index (κ2) is 5.88. The summed E-state index contributed by atoms with van der Waals surface area (Å²) >= 11 is 1.18. The van der Waals surface area contributed by atoms with E-state index in [1.54, 1.807) is 4.57 Å². The van der Waals surface area contributed by atoms with Crippen LogP contribution in [0, 0.1) is 6.92 Å². The number of rotatable bonds is 3. The fraction of sp³-hybridized carbons (Fsp3) is 0.692. The van der Waals surface area contributed by atoms with Crippen LogP contribution in [0.25, 0.3) is 0 Å². The number of amides is 1. The van der Waals surface area contributed by atoms with Crippen LogP contribution in [0.3, 0.4) is 0 Å². The number of thiazole rings is 1. The molecule has 0 N–H and O–H groups in total. The predicted octanol–water partition coefficient (Wildman–Crippen LogP) is 1.24.